The molecule has 0 bridgehead atoms. The molecule has 0 radical (unpaired) electrons. The summed E-state index contributed by atoms with van der Waals surface area (Å²) >= 11 is 0. The van der Waals surface area contributed by atoms with Crippen molar-refractivity contribution in [1.82, 2.24) is 9.55 Å². The second kappa shape index (κ2) is 3.20. The largest absolute Gasteiger partial charge is 0.382 e. The van der Waals surface area contributed by atoms with E-state index in [0.717, 1.165) is 0 Å². The maximum absolute atomic E-state index is 7.22. The number of imidazole rings is 1. The molecule has 70 valence electrons. The van der Waals surface area contributed by atoms with Gasteiger partial charge in [-0.1, -0.05) is 12.8 Å². The zero-order chi connectivity index (χ0) is 9.26. The average Bonchev–Trinajstić information content (AvgIpc) is 2.75. The summed E-state index contributed by atoms with van der Waals surface area (Å²) in [4.78, 5) is 4.07. The SMILES string of the molecule is N=C(N)c1cn(C2CCCC2)cn1. The van der Waals surface area contributed by atoms with E-state index in [9.17, 15) is 0 Å². The first-order valence-electron chi connectivity index (χ1n) is 4.65. The van der Waals surface area contributed by atoms with Crippen LogP contribution in [0.15, 0.2) is 12.5 Å². The second-order valence-corrected chi connectivity index (χ2v) is 3.56. The van der Waals surface area contributed by atoms with Gasteiger partial charge in [0.05, 0.1) is 6.33 Å². The summed E-state index contributed by atoms with van der Waals surface area (Å²) in [5, 5.41) is 7.22. The van der Waals surface area contributed by atoms with Gasteiger partial charge in [0, 0.05) is 12.2 Å². The van der Waals surface area contributed by atoms with Gasteiger partial charge in [-0.3, -0.25) is 5.41 Å². The molecule has 0 aromatic carbocycles. The first-order chi connectivity index (χ1) is 6.27. The van der Waals surface area contributed by atoms with Crippen molar-refractivity contribution in [2.24, 2.45) is 5.73 Å². The van der Waals surface area contributed by atoms with Gasteiger partial charge in [0.1, 0.15) is 11.5 Å². The van der Waals surface area contributed by atoms with Gasteiger partial charge in [-0.25, -0.2) is 4.98 Å². The summed E-state index contributed by atoms with van der Waals surface area (Å²) in [5.74, 6) is 0.0525. The van der Waals surface area contributed by atoms with Crippen molar-refractivity contribution in [1.29, 1.82) is 5.41 Å². The molecule has 1 aliphatic rings. The number of nitrogens with two attached hydrogens (primary N) is 1. The highest BCUT2D eigenvalue weighted by molar-refractivity contribution is 5.92. The molecule has 3 N–H and O–H groups in total. The molecule has 0 saturated heterocycles. The predicted molar refractivity (Wildman–Crippen MR) is 50.7 cm³/mol. The maximum Gasteiger partial charge on any atom is 0.143 e. The van der Waals surface area contributed by atoms with Crippen molar-refractivity contribution >= 4 is 5.84 Å². The Morgan fingerprint density at radius 1 is 1.54 bits per heavy atom. The number of rotatable bonds is 2. The minimum absolute atomic E-state index is 0.0525. The predicted octanol–water partition coefficient (Wildman–Crippen LogP) is 1.28. The summed E-state index contributed by atoms with van der Waals surface area (Å²) < 4.78 is 2.09. The molecule has 0 unspecified atom stereocenters. The standard InChI is InChI=1S/C9H14N4/c10-9(11)8-5-13(6-12-8)7-3-1-2-4-7/h5-7H,1-4H2,(H3,10,11). The van der Waals surface area contributed by atoms with Crippen molar-refractivity contribution in [2.75, 3.05) is 0 Å². The van der Waals surface area contributed by atoms with Crippen molar-refractivity contribution in [2.45, 2.75) is 31.7 Å². The van der Waals surface area contributed by atoms with Gasteiger partial charge in [-0.05, 0) is 12.8 Å². The Morgan fingerprint density at radius 2 is 2.23 bits per heavy atom. The van der Waals surface area contributed by atoms with E-state index in [2.05, 4.69) is 9.55 Å². The minimum atomic E-state index is 0.0525. The zero-order valence-corrected chi connectivity index (χ0v) is 7.53. The van der Waals surface area contributed by atoms with E-state index < -0.39 is 0 Å². The lowest BCUT2D eigenvalue weighted by molar-refractivity contribution is 0.518. The molecule has 4 nitrogen and oxygen atoms in total. The van der Waals surface area contributed by atoms with E-state index >= 15 is 0 Å². The molecule has 1 aromatic rings. The van der Waals surface area contributed by atoms with Crippen LogP contribution in [0.1, 0.15) is 37.4 Å². The van der Waals surface area contributed by atoms with E-state index in [1.807, 2.05) is 6.20 Å². The Kier molecular flexibility index (Phi) is 2.04. The lowest BCUT2D eigenvalue weighted by atomic mass is 10.2. The quantitative estimate of drug-likeness (QED) is 0.529. The van der Waals surface area contributed by atoms with Crippen LogP contribution in [-0.2, 0) is 0 Å². The van der Waals surface area contributed by atoms with Gasteiger partial charge in [0.25, 0.3) is 0 Å². The van der Waals surface area contributed by atoms with Gasteiger partial charge >= 0.3 is 0 Å². The van der Waals surface area contributed by atoms with Crippen LogP contribution in [0.2, 0.25) is 0 Å². The lowest BCUT2D eigenvalue weighted by Crippen LogP contribution is -2.11. The van der Waals surface area contributed by atoms with E-state index in [4.69, 9.17) is 11.1 Å². The van der Waals surface area contributed by atoms with Crippen molar-refractivity contribution in [3.63, 3.8) is 0 Å². The summed E-state index contributed by atoms with van der Waals surface area (Å²) in [6.45, 7) is 0. The fourth-order valence-electron chi connectivity index (χ4n) is 1.88. The van der Waals surface area contributed by atoms with Crippen LogP contribution < -0.4 is 5.73 Å². The molecule has 0 aliphatic heterocycles. The van der Waals surface area contributed by atoms with E-state index in [1.165, 1.54) is 25.7 Å². The molecule has 1 heterocycles. The van der Waals surface area contributed by atoms with Gasteiger partial charge in [0.15, 0.2) is 0 Å². The van der Waals surface area contributed by atoms with E-state index in [0.29, 0.717) is 11.7 Å². The fourth-order valence-corrected chi connectivity index (χ4v) is 1.88. The van der Waals surface area contributed by atoms with Crippen molar-refractivity contribution in [3.8, 4) is 0 Å². The molecule has 0 spiro atoms. The van der Waals surface area contributed by atoms with Gasteiger partial charge < -0.3 is 10.3 Å². The van der Waals surface area contributed by atoms with Crippen LogP contribution >= 0.6 is 0 Å². The summed E-state index contributed by atoms with van der Waals surface area (Å²) in [6, 6.07) is 0.584. The maximum atomic E-state index is 7.22. The first kappa shape index (κ1) is 8.29. The monoisotopic (exact) mass is 178 g/mol. The molecule has 0 atom stereocenters. The molecular weight excluding hydrogens is 164 g/mol. The molecular formula is C9H14N4. The molecule has 13 heavy (non-hydrogen) atoms. The zero-order valence-electron chi connectivity index (χ0n) is 7.53. The smallest absolute Gasteiger partial charge is 0.143 e. The third-order valence-corrected chi connectivity index (χ3v) is 2.62. The molecule has 0 amide bonds. The number of hydrogen-bond acceptors (Lipinski definition) is 2. The molecule has 4 heteroatoms. The number of nitrogen functional groups attached to an aromatic ring is 1. The number of nitrogens with one attached hydrogen (secondary N) is 1. The van der Waals surface area contributed by atoms with Crippen LogP contribution in [0.25, 0.3) is 0 Å². The van der Waals surface area contributed by atoms with Crippen LogP contribution in [0.3, 0.4) is 0 Å². The average molecular weight is 178 g/mol. The molecule has 1 aliphatic carbocycles. The first-order valence-corrected chi connectivity index (χ1v) is 4.65. The Morgan fingerprint density at radius 3 is 2.77 bits per heavy atom. The van der Waals surface area contributed by atoms with Crippen molar-refractivity contribution < 1.29 is 0 Å². The van der Waals surface area contributed by atoms with Crippen LogP contribution in [0.4, 0.5) is 0 Å². The van der Waals surface area contributed by atoms with Gasteiger partial charge in [-0.2, -0.15) is 0 Å². The topological polar surface area (TPSA) is 67.7 Å². The highest BCUT2D eigenvalue weighted by atomic mass is 15.1. The van der Waals surface area contributed by atoms with E-state index in [-0.39, 0.29) is 5.84 Å². The molecule has 1 aromatic heterocycles. The molecule has 1 fully saturated rings. The Balaban J connectivity index is 2.16. The van der Waals surface area contributed by atoms with Crippen molar-refractivity contribution in [3.05, 3.63) is 18.2 Å². The highest BCUT2D eigenvalue weighted by Gasteiger charge is 2.17. The number of aromatic nitrogens is 2. The molecule has 2 rings (SSSR count). The normalized spacial score (nSPS) is 17.8. The van der Waals surface area contributed by atoms with Crippen LogP contribution in [-0.4, -0.2) is 15.4 Å². The van der Waals surface area contributed by atoms with Gasteiger partial charge in [0.2, 0.25) is 0 Å². The van der Waals surface area contributed by atoms with Crippen LogP contribution in [0, 0.1) is 5.41 Å². The Bertz CT molecular complexity index is 309. The Labute approximate surface area is 77.3 Å². The third kappa shape index (κ3) is 1.56. The summed E-state index contributed by atoms with van der Waals surface area (Å²) in [6.07, 6.45) is 8.73. The van der Waals surface area contributed by atoms with E-state index in [1.54, 1.807) is 6.33 Å². The lowest BCUT2D eigenvalue weighted by Gasteiger charge is -2.09. The Hall–Kier alpha value is -1.32. The van der Waals surface area contributed by atoms with Gasteiger partial charge in [-0.15, -0.1) is 0 Å². The highest BCUT2D eigenvalue weighted by Crippen LogP contribution is 2.29. The number of hydrogen-bond donors (Lipinski definition) is 2. The third-order valence-electron chi connectivity index (χ3n) is 2.62. The second-order valence-electron chi connectivity index (χ2n) is 3.56. The summed E-state index contributed by atoms with van der Waals surface area (Å²) in [7, 11) is 0. The number of nitrogens with zero attached hydrogens (tertiary/aromatic N) is 2. The minimum Gasteiger partial charge on any atom is -0.382 e. The summed E-state index contributed by atoms with van der Waals surface area (Å²) in [5.41, 5.74) is 5.92. The number of amidine groups is 1. The van der Waals surface area contributed by atoms with Crippen LogP contribution in [0.5, 0.6) is 0 Å². The molecule has 1 saturated carbocycles. The fraction of sp³-hybridized carbons (Fsp3) is 0.556.